The number of halogens is 1. The summed E-state index contributed by atoms with van der Waals surface area (Å²) in [6.07, 6.45) is 2.69. The molecular weight excluding hydrogens is 320 g/mol. The molecular formula is C15H19ClN4O3. The zero-order valence-electron chi connectivity index (χ0n) is 13.1. The summed E-state index contributed by atoms with van der Waals surface area (Å²) in [5.74, 6) is 0.645. The van der Waals surface area contributed by atoms with Crippen LogP contribution in [0.5, 0.6) is 0 Å². The second-order valence-corrected chi connectivity index (χ2v) is 6.12. The van der Waals surface area contributed by atoms with Crippen LogP contribution in [0.2, 0.25) is 5.15 Å². The maximum Gasteiger partial charge on any atom is 0.314 e. The summed E-state index contributed by atoms with van der Waals surface area (Å²) in [4.78, 5) is 19.3. The van der Waals surface area contributed by atoms with E-state index in [-0.39, 0.29) is 16.8 Å². The highest BCUT2D eigenvalue weighted by atomic mass is 35.5. The molecule has 0 N–H and O–H groups in total. The summed E-state index contributed by atoms with van der Waals surface area (Å²) < 4.78 is 5.74. The van der Waals surface area contributed by atoms with Gasteiger partial charge in [-0.25, -0.2) is 4.98 Å². The third-order valence-electron chi connectivity index (χ3n) is 4.34. The monoisotopic (exact) mass is 338 g/mol. The van der Waals surface area contributed by atoms with E-state index in [1.165, 1.54) is 0 Å². The van der Waals surface area contributed by atoms with Crippen LogP contribution in [0.1, 0.15) is 25.3 Å². The number of hydrogen-bond acceptors (Lipinski definition) is 6. The summed E-state index contributed by atoms with van der Waals surface area (Å²) in [6, 6.07) is 3.61. The van der Waals surface area contributed by atoms with Crippen molar-refractivity contribution in [1.29, 1.82) is 0 Å². The molecule has 1 aromatic rings. The molecule has 2 aliphatic heterocycles. The van der Waals surface area contributed by atoms with Crippen LogP contribution < -0.4 is 0 Å². The lowest BCUT2D eigenvalue weighted by Crippen LogP contribution is -2.45. The fourth-order valence-corrected chi connectivity index (χ4v) is 3.32. The Balaban J connectivity index is 1.95. The van der Waals surface area contributed by atoms with E-state index in [9.17, 15) is 10.1 Å². The minimum absolute atomic E-state index is 0.0870. The molecule has 2 atom stereocenters. The molecule has 2 unspecified atom stereocenters. The highest BCUT2D eigenvalue weighted by Gasteiger charge is 2.47. The van der Waals surface area contributed by atoms with Crippen LogP contribution >= 0.6 is 11.6 Å². The van der Waals surface area contributed by atoms with E-state index in [4.69, 9.17) is 16.3 Å². The zero-order chi connectivity index (χ0) is 16.6. The average molecular weight is 339 g/mol. The van der Waals surface area contributed by atoms with E-state index in [2.05, 4.69) is 4.98 Å². The van der Waals surface area contributed by atoms with Gasteiger partial charge in [-0.3, -0.25) is 10.1 Å². The molecule has 1 fully saturated rings. The predicted octanol–water partition coefficient (Wildman–Crippen LogP) is 2.45. The number of pyridine rings is 1. The van der Waals surface area contributed by atoms with Crippen molar-refractivity contribution < 1.29 is 9.66 Å². The lowest BCUT2D eigenvalue weighted by molar-refractivity contribution is -0.444. The third-order valence-corrected chi connectivity index (χ3v) is 4.56. The molecule has 0 radical (unpaired) electrons. The Bertz CT molecular complexity index is 634. The Labute approximate surface area is 139 Å². The lowest BCUT2D eigenvalue weighted by atomic mass is 10.2. The maximum absolute atomic E-state index is 11.6. The molecule has 3 heterocycles. The normalized spacial score (nSPS) is 23.3. The van der Waals surface area contributed by atoms with Crippen molar-refractivity contribution in [3.8, 4) is 0 Å². The SMILES string of the molecule is CCN(Cc1ccc(Cl)nc1)C1=C([N+](=O)[O-])C2CCC(O2)N1C. The molecule has 124 valence electrons. The second kappa shape index (κ2) is 6.33. The highest BCUT2D eigenvalue weighted by Crippen LogP contribution is 2.37. The number of aromatic nitrogens is 1. The Morgan fingerprint density at radius 2 is 2.30 bits per heavy atom. The van der Waals surface area contributed by atoms with Crippen molar-refractivity contribution in [3.05, 3.63) is 50.7 Å². The van der Waals surface area contributed by atoms with Gasteiger partial charge in [0, 0.05) is 26.3 Å². The van der Waals surface area contributed by atoms with Crippen LogP contribution in [-0.4, -0.2) is 45.6 Å². The molecule has 23 heavy (non-hydrogen) atoms. The molecule has 0 aromatic carbocycles. The van der Waals surface area contributed by atoms with Gasteiger partial charge in [-0.1, -0.05) is 17.7 Å². The first-order valence-corrected chi connectivity index (χ1v) is 8.01. The minimum atomic E-state index is -0.418. The van der Waals surface area contributed by atoms with Gasteiger partial charge >= 0.3 is 5.70 Å². The molecule has 0 saturated carbocycles. The number of ether oxygens (including phenoxy) is 1. The molecule has 8 heteroatoms. The average Bonchev–Trinajstić information content (AvgIpc) is 2.96. The number of nitro groups is 1. The molecule has 0 aliphatic carbocycles. The van der Waals surface area contributed by atoms with E-state index in [0.29, 0.717) is 30.5 Å². The van der Waals surface area contributed by atoms with Crippen molar-refractivity contribution in [2.24, 2.45) is 0 Å². The van der Waals surface area contributed by atoms with E-state index < -0.39 is 6.10 Å². The van der Waals surface area contributed by atoms with Crippen molar-refractivity contribution >= 4 is 11.6 Å². The molecule has 3 rings (SSSR count). The van der Waals surface area contributed by atoms with E-state index in [0.717, 1.165) is 12.0 Å². The lowest BCUT2D eigenvalue weighted by Gasteiger charge is -2.38. The summed E-state index contributed by atoms with van der Waals surface area (Å²) in [6.45, 7) is 3.18. The van der Waals surface area contributed by atoms with Gasteiger partial charge in [0.15, 0.2) is 11.9 Å². The van der Waals surface area contributed by atoms with Gasteiger partial charge < -0.3 is 14.5 Å². The Hall–Kier alpha value is -1.86. The summed E-state index contributed by atoms with van der Waals surface area (Å²) in [5, 5.41) is 12.0. The summed E-state index contributed by atoms with van der Waals surface area (Å²) in [5.41, 5.74) is 1.11. The van der Waals surface area contributed by atoms with Crippen LogP contribution in [0.3, 0.4) is 0 Å². The number of nitrogens with zero attached hydrogens (tertiary/aromatic N) is 4. The van der Waals surface area contributed by atoms with Crippen LogP contribution in [0, 0.1) is 10.1 Å². The smallest absolute Gasteiger partial charge is 0.314 e. The number of fused-ring (bicyclic) bond motifs is 2. The third kappa shape index (κ3) is 2.98. The summed E-state index contributed by atoms with van der Waals surface area (Å²) in [7, 11) is 1.85. The first kappa shape index (κ1) is 16.0. The van der Waals surface area contributed by atoms with E-state index in [1.54, 1.807) is 12.3 Å². The fraction of sp³-hybridized carbons (Fsp3) is 0.533. The molecule has 2 bridgehead atoms. The topological polar surface area (TPSA) is 71.7 Å². The molecule has 1 saturated heterocycles. The summed E-state index contributed by atoms with van der Waals surface area (Å²) >= 11 is 5.82. The quantitative estimate of drug-likeness (QED) is 0.466. The Morgan fingerprint density at radius 1 is 1.52 bits per heavy atom. The second-order valence-electron chi connectivity index (χ2n) is 5.74. The molecule has 0 spiro atoms. The van der Waals surface area contributed by atoms with Crippen molar-refractivity contribution in [3.63, 3.8) is 0 Å². The van der Waals surface area contributed by atoms with Gasteiger partial charge in [0.1, 0.15) is 11.4 Å². The van der Waals surface area contributed by atoms with Crippen molar-refractivity contribution in [2.75, 3.05) is 13.6 Å². The van der Waals surface area contributed by atoms with Gasteiger partial charge in [-0.15, -0.1) is 0 Å². The molecule has 2 aliphatic rings. The van der Waals surface area contributed by atoms with Gasteiger partial charge in [-0.05, 0) is 31.4 Å². The van der Waals surface area contributed by atoms with E-state index >= 15 is 0 Å². The molecule has 1 aromatic heterocycles. The van der Waals surface area contributed by atoms with Crippen LogP contribution in [0.15, 0.2) is 29.8 Å². The molecule has 7 nitrogen and oxygen atoms in total. The predicted molar refractivity (Wildman–Crippen MR) is 85.0 cm³/mol. The van der Waals surface area contributed by atoms with Gasteiger partial charge in [0.25, 0.3) is 0 Å². The van der Waals surface area contributed by atoms with Crippen LogP contribution in [0.4, 0.5) is 0 Å². The van der Waals surface area contributed by atoms with Gasteiger partial charge in [-0.2, -0.15) is 0 Å². The van der Waals surface area contributed by atoms with Crippen LogP contribution in [0.25, 0.3) is 0 Å². The Kier molecular flexibility index (Phi) is 4.41. The number of rotatable bonds is 5. The van der Waals surface area contributed by atoms with E-state index in [1.807, 2.05) is 29.8 Å². The Morgan fingerprint density at radius 3 is 2.91 bits per heavy atom. The van der Waals surface area contributed by atoms with Crippen molar-refractivity contribution in [2.45, 2.75) is 38.6 Å². The first-order valence-electron chi connectivity index (χ1n) is 7.63. The largest absolute Gasteiger partial charge is 0.349 e. The van der Waals surface area contributed by atoms with Crippen LogP contribution in [-0.2, 0) is 11.3 Å². The first-order chi connectivity index (χ1) is 11.0. The zero-order valence-corrected chi connectivity index (χ0v) is 13.9. The maximum atomic E-state index is 11.6. The minimum Gasteiger partial charge on any atom is -0.349 e. The molecule has 0 amide bonds. The standard InChI is InChI=1S/C15H19ClN4O3/c1-3-19(9-10-4-6-12(16)17-8-10)15-14(20(21)22)11-5-7-13(23-11)18(15)2/h4,6,8,11,13H,3,5,7,9H2,1-2H3. The van der Waals surface area contributed by atoms with Crippen molar-refractivity contribution in [1.82, 2.24) is 14.8 Å². The fourth-order valence-electron chi connectivity index (χ4n) is 3.21. The van der Waals surface area contributed by atoms with Gasteiger partial charge in [0.2, 0.25) is 0 Å². The number of hydrogen-bond donors (Lipinski definition) is 0. The van der Waals surface area contributed by atoms with Gasteiger partial charge in [0.05, 0.1) is 4.92 Å². The highest BCUT2D eigenvalue weighted by molar-refractivity contribution is 6.29.